The Kier molecular flexibility index (Phi) is 6.51. The third kappa shape index (κ3) is 4.57. The van der Waals surface area contributed by atoms with Crippen LogP contribution in [0.15, 0.2) is 36.4 Å². The zero-order valence-corrected chi connectivity index (χ0v) is 19.1. The first-order chi connectivity index (χ1) is 15.0. The highest BCUT2D eigenvalue weighted by molar-refractivity contribution is 5.81. The highest BCUT2D eigenvalue weighted by atomic mass is 16.5. The predicted octanol–water partition coefficient (Wildman–Crippen LogP) is 4.42. The van der Waals surface area contributed by atoms with E-state index in [0.29, 0.717) is 0 Å². The van der Waals surface area contributed by atoms with Crippen molar-refractivity contribution in [2.75, 3.05) is 20.8 Å². The summed E-state index contributed by atoms with van der Waals surface area (Å²) in [6, 6.07) is 12.9. The van der Waals surface area contributed by atoms with Crippen molar-refractivity contribution in [2.45, 2.75) is 58.2 Å². The molecule has 4 rings (SSSR count). The molecule has 0 saturated heterocycles. The maximum Gasteiger partial charge on any atom is 0.223 e. The number of benzene rings is 2. The predicted molar refractivity (Wildman–Crippen MR) is 123 cm³/mol. The summed E-state index contributed by atoms with van der Waals surface area (Å²) in [6.45, 7) is 6.14. The molecule has 2 aliphatic rings. The summed E-state index contributed by atoms with van der Waals surface area (Å²) in [5.41, 5.74) is 5.15. The normalized spacial score (nSPS) is 19.4. The Bertz CT molecular complexity index is 938. The molecule has 1 heterocycles. The summed E-state index contributed by atoms with van der Waals surface area (Å²) in [7, 11) is 3.36. The van der Waals surface area contributed by atoms with E-state index in [-0.39, 0.29) is 23.9 Å². The number of methoxy groups -OCH3 is 2. The van der Waals surface area contributed by atoms with Gasteiger partial charge >= 0.3 is 0 Å². The molecule has 2 unspecified atom stereocenters. The second-order valence-electron chi connectivity index (χ2n) is 8.80. The number of amides is 1. The quantitative estimate of drug-likeness (QED) is 0.684. The number of carbonyl (C=O) groups excluding carboxylic acids is 1. The van der Waals surface area contributed by atoms with Crippen molar-refractivity contribution in [3.8, 4) is 11.5 Å². The molecule has 1 amide bonds. The van der Waals surface area contributed by atoms with Crippen LogP contribution in [0.2, 0.25) is 0 Å². The molecule has 1 aliphatic heterocycles. The van der Waals surface area contributed by atoms with E-state index in [9.17, 15) is 4.79 Å². The van der Waals surface area contributed by atoms with Gasteiger partial charge in [-0.3, -0.25) is 9.69 Å². The lowest BCUT2D eigenvalue weighted by Crippen LogP contribution is -2.48. The van der Waals surface area contributed by atoms with Crippen molar-refractivity contribution in [2.24, 2.45) is 5.92 Å². The van der Waals surface area contributed by atoms with E-state index >= 15 is 0 Å². The van der Waals surface area contributed by atoms with E-state index in [1.165, 1.54) is 22.3 Å². The summed E-state index contributed by atoms with van der Waals surface area (Å²) >= 11 is 0. The molecule has 1 fully saturated rings. The average Bonchev–Trinajstić information content (AvgIpc) is 3.63. The molecule has 31 heavy (non-hydrogen) atoms. The Hall–Kier alpha value is -2.53. The van der Waals surface area contributed by atoms with Crippen molar-refractivity contribution in [3.05, 3.63) is 58.7 Å². The van der Waals surface area contributed by atoms with E-state index in [2.05, 4.69) is 60.5 Å². The SMILES string of the molecule is CCC(NC(=O)C1CC1)C1c2cc(OC)c(OC)cc2CCN1Cc1ccccc1C. The summed E-state index contributed by atoms with van der Waals surface area (Å²) in [5, 5.41) is 3.38. The van der Waals surface area contributed by atoms with Crippen molar-refractivity contribution < 1.29 is 14.3 Å². The van der Waals surface area contributed by atoms with E-state index < -0.39 is 0 Å². The third-order valence-electron chi connectivity index (χ3n) is 6.76. The maximum absolute atomic E-state index is 12.7. The van der Waals surface area contributed by atoms with Crippen molar-refractivity contribution in [3.63, 3.8) is 0 Å². The second-order valence-corrected chi connectivity index (χ2v) is 8.80. The number of ether oxygens (including phenoxy) is 2. The number of nitrogens with one attached hydrogen (secondary N) is 1. The van der Waals surface area contributed by atoms with Gasteiger partial charge in [-0.1, -0.05) is 31.2 Å². The van der Waals surface area contributed by atoms with E-state index in [0.717, 1.165) is 50.3 Å². The number of hydrogen-bond donors (Lipinski definition) is 1. The van der Waals surface area contributed by atoms with Crippen LogP contribution in [-0.4, -0.2) is 37.6 Å². The molecule has 0 bridgehead atoms. The highest BCUT2D eigenvalue weighted by Gasteiger charge is 2.37. The van der Waals surface area contributed by atoms with Crippen LogP contribution in [0.1, 0.15) is 54.5 Å². The van der Waals surface area contributed by atoms with Gasteiger partial charge in [-0.25, -0.2) is 0 Å². The van der Waals surface area contributed by atoms with Crippen LogP contribution in [0.4, 0.5) is 0 Å². The molecule has 2 aromatic rings. The fraction of sp³-hybridized carbons (Fsp3) is 0.500. The van der Waals surface area contributed by atoms with Crippen LogP contribution in [0.5, 0.6) is 11.5 Å². The first-order valence-electron chi connectivity index (χ1n) is 11.4. The average molecular weight is 423 g/mol. The van der Waals surface area contributed by atoms with E-state index in [1.54, 1.807) is 14.2 Å². The van der Waals surface area contributed by atoms with Gasteiger partial charge in [0.1, 0.15) is 0 Å². The number of fused-ring (bicyclic) bond motifs is 1. The van der Waals surface area contributed by atoms with Gasteiger partial charge in [-0.15, -0.1) is 0 Å². The third-order valence-corrected chi connectivity index (χ3v) is 6.76. The summed E-state index contributed by atoms with van der Waals surface area (Å²) in [4.78, 5) is 15.2. The van der Waals surface area contributed by atoms with Crippen LogP contribution in [0, 0.1) is 12.8 Å². The topological polar surface area (TPSA) is 50.8 Å². The molecule has 1 N–H and O–H groups in total. The smallest absolute Gasteiger partial charge is 0.223 e. The zero-order chi connectivity index (χ0) is 22.0. The Labute approximate surface area is 185 Å². The Morgan fingerprint density at radius 1 is 1.16 bits per heavy atom. The minimum atomic E-state index is 0.0502. The number of carbonyl (C=O) groups is 1. The molecular weight excluding hydrogens is 388 g/mol. The summed E-state index contributed by atoms with van der Waals surface area (Å²) < 4.78 is 11.2. The fourth-order valence-electron chi connectivity index (χ4n) is 4.73. The van der Waals surface area contributed by atoms with Crippen LogP contribution in [0.25, 0.3) is 0 Å². The lowest BCUT2D eigenvalue weighted by Gasteiger charge is -2.42. The van der Waals surface area contributed by atoms with Crippen LogP contribution in [0.3, 0.4) is 0 Å². The highest BCUT2D eigenvalue weighted by Crippen LogP contribution is 2.41. The standard InChI is InChI=1S/C26H34N2O3/c1-5-22(27-26(29)18-10-11-18)25-21-15-24(31-4)23(30-3)14-19(21)12-13-28(25)16-20-9-7-6-8-17(20)2/h6-9,14-15,18,22,25H,5,10-13,16H2,1-4H3,(H,27,29). The minimum Gasteiger partial charge on any atom is -0.493 e. The molecule has 1 saturated carbocycles. The van der Waals surface area contributed by atoms with Crippen LogP contribution < -0.4 is 14.8 Å². The van der Waals surface area contributed by atoms with Gasteiger partial charge in [0.2, 0.25) is 5.91 Å². The minimum absolute atomic E-state index is 0.0502. The molecule has 166 valence electrons. The lowest BCUT2D eigenvalue weighted by molar-refractivity contribution is -0.123. The van der Waals surface area contributed by atoms with Gasteiger partial charge in [0.05, 0.1) is 20.3 Å². The summed E-state index contributed by atoms with van der Waals surface area (Å²) in [6.07, 6.45) is 3.86. The number of aryl methyl sites for hydroxylation is 1. The van der Waals surface area contributed by atoms with Crippen molar-refractivity contribution in [1.29, 1.82) is 0 Å². The molecule has 0 radical (unpaired) electrons. The molecule has 5 heteroatoms. The first-order valence-corrected chi connectivity index (χ1v) is 11.4. The zero-order valence-electron chi connectivity index (χ0n) is 19.1. The van der Waals surface area contributed by atoms with E-state index in [1.807, 2.05) is 0 Å². The van der Waals surface area contributed by atoms with Gasteiger partial charge in [0.15, 0.2) is 11.5 Å². The lowest BCUT2D eigenvalue weighted by atomic mass is 9.86. The monoisotopic (exact) mass is 422 g/mol. The molecule has 0 aromatic heterocycles. The first kappa shape index (κ1) is 21.7. The number of nitrogens with zero attached hydrogens (tertiary/aromatic N) is 1. The molecule has 2 atom stereocenters. The fourth-order valence-corrected chi connectivity index (χ4v) is 4.73. The maximum atomic E-state index is 12.7. The largest absolute Gasteiger partial charge is 0.493 e. The molecule has 1 aliphatic carbocycles. The second kappa shape index (κ2) is 9.31. The summed E-state index contributed by atoms with van der Waals surface area (Å²) in [5.74, 6) is 1.91. The molecular formula is C26H34N2O3. The molecule has 0 spiro atoms. The van der Waals surface area contributed by atoms with Gasteiger partial charge in [-0.05, 0) is 67.0 Å². The van der Waals surface area contributed by atoms with Crippen molar-refractivity contribution in [1.82, 2.24) is 10.2 Å². The van der Waals surface area contributed by atoms with Gasteiger partial charge in [0.25, 0.3) is 0 Å². The van der Waals surface area contributed by atoms with Gasteiger partial charge in [0, 0.05) is 25.0 Å². The van der Waals surface area contributed by atoms with E-state index in [4.69, 9.17) is 9.47 Å². The number of hydrogen-bond acceptors (Lipinski definition) is 4. The number of rotatable bonds is 8. The molecule has 2 aromatic carbocycles. The van der Waals surface area contributed by atoms with Crippen LogP contribution in [-0.2, 0) is 17.8 Å². The van der Waals surface area contributed by atoms with Crippen molar-refractivity contribution >= 4 is 5.91 Å². The van der Waals surface area contributed by atoms with Crippen LogP contribution >= 0.6 is 0 Å². The Morgan fingerprint density at radius 2 is 1.87 bits per heavy atom. The van der Waals surface area contributed by atoms with Gasteiger partial charge < -0.3 is 14.8 Å². The molecule has 5 nitrogen and oxygen atoms in total. The Morgan fingerprint density at radius 3 is 2.52 bits per heavy atom. The van der Waals surface area contributed by atoms with Gasteiger partial charge in [-0.2, -0.15) is 0 Å². The Balaban J connectivity index is 1.72.